The molecule has 0 aromatic heterocycles. The van der Waals surface area contributed by atoms with E-state index in [0.717, 1.165) is 10.0 Å². The zero-order chi connectivity index (χ0) is 11.5. The number of benzene rings is 1. The molecule has 1 aromatic rings. The Morgan fingerprint density at radius 1 is 1.47 bits per heavy atom. The van der Waals surface area contributed by atoms with Crippen molar-refractivity contribution in [1.82, 2.24) is 0 Å². The molecule has 0 aliphatic carbocycles. The molecule has 0 spiro atoms. The monoisotopic (exact) mass is 291 g/mol. The van der Waals surface area contributed by atoms with Crippen LogP contribution < -0.4 is 5.73 Å². The van der Waals surface area contributed by atoms with Gasteiger partial charge in [0.1, 0.15) is 0 Å². The van der Waals surface area contributed by atoms with Crippen LogP contribution in [0.5, 0.6) is 0 Å². The zero-order valence-corrected chi connectivity index (χ0v) is 10.9. The van der Waals surface area contributed by atoms with Crippen molar-refractivity contribution in [1.29, 1.82) is 0 Å². The Balaban J connectivity index is 2.78. The second kappa shape index (κ2) is 5.09. The van der Waals surface area contributed by atoms with E-state index in [9.17, 15) is 8.42 Å². The van der Waals surface area contributed by atoms with Crippen LogP contribution in [0.4, 0.5) is 0 Å². The highest BCUT2D eigenvalue weighted by Gasteiger charge is 2.14. The largest absolute Gasteiger partial charge is 0.327 e. The summed E-state index contributed by atoms with van der Waals surface area (Å²) in [6.07, 6.45) is 0. The molecule has 1 unspecified atom stereocenters. The van der Waals surface area contributed by atoms with Crippen LogP contribution in [0.2, 0.25) is 0 Å². The molecule has 0 amide bonds. The molecule has 1 rings (SSSR count). The Morgan fingerprint density at radius 2 is 2.13 bits per heavy atom. The third-order valence-corrected chi connectivity index (χ3v) is 4.09. The summed E-state index contributed by atoms with van der Waals surface area (Å²) < 4.78 is 24.1. The molecule has 15 heavy (non-hydrogen) atoms. The average molecular weight is 292 g/mol. The summed E-state index contributed by atoms with van der Waals surface area (Å²) in [4.78, 5) is 0. The minimum absolute atomic E-state index is 0.0273. The van der Waals surface area contributed by atoms with Crippen LogP contribution in [0.25, 0.3) is 0 Å². The number of sulfone groups is 1. The first kappa shape index (κ1) is 12.7. The molecule has 0 saturated carbocycles. The molecular formula is C10H14BrNO2S. The minimum atomic E-state index is -3.10. The maximum absolute atomic E-state index is 11.6. The second-order valence-corrected chi connectivity index (χ2v) is 6.69. The van der Waals surface area contributed by atoms with E-state index in [1.807, 2.05) is 12.1 Å². The van der Waals surface area contributed by atoms with Gasteiger partial charge in [-0.1, -0.05) is 28.1 Å². The van der Waals surface area contributed by atoms with Gasteiger partial charge in [0.05, 0.1) is 11.5 Å². The van der Waals surface area contributed by atoms with Crippen molar-refractivity contribution in [2.75, 3.05) is 5.75 Å². The standard InChI is InChI=1S/C10H14BrNO2S/c1-8(12)6-15(13,14)7-9-3-2-4-10(11)5-9/h2-5,8H,6-7,12H2,1H3. The fraction of sp³-hybridized carbons (Fsp3) is 0.400. The Hall–Kier alpha value is -0.390. The van der Waals surface area contributed by atoms with E-state index in [1.165, 1.54) is 0 Å². The first-order valence-electron chi connectivity index (χ1n) is 4.59. The van der Waals surface area contributed by atoms with Crippen molar-refractivity contribution in [3.05, 3.63) is 34.3 Å². The molecule has 0 aliphatic heterocycles. The van der Waals surface area contributed by atoms with Crippen molar-refractivity contribution < 1.29 is 8.42 Å². The van der Waals surface area contributed by atoms with Crippen LogP contribution >= 0.6 is 15.9 Å². The summed E-state index contributed by atoms with van der Waals surface area (Å²) in [6, 6.07) is 6.97. The van der Waals surface area contributed by atoms with E-state index in [4.69, 9.17) is 5.73 Å². The molecule has 0 aliphatic rings. The highest BCUT2D eigenvalue weighted by molar-refractivity contribution is 9.10. The molecule has 0 heterocycles. The van der Waals surface area contributed by atoms with Crippen LogP contribution in [-0.4, -0.2) is 20.2 Å². The van der Waals surface area contributed by atoms with Gasteiger partial charge in [0.2, 0.25) is 0 Å². The first-order chi connectivity index (χ1) is 6.89. The van der Waals surface area contributed by atoms with Crippen molar-refractivity contribution in [2.24, 2.45) is 5.73 Å². The molecule has 0 fully saturated rings. The van der Waals surface area contributed by atoms with E-state index in [2.05, 4.69) is 15.9 Å². The number of hydrogen-bond donors (Lipinski definition) is 1. The summed E-state index contributed by atoms with van der Waals surface area (Å²) in [5, 5.41) is 0. The Labute approximate surface area is 98.7 Å². The third-order valence-electron chi connectivity index (χ3n) is 1.79. The van der Waals surface area contributed by atoms with Crippen LogP contribution in [-0.2, 0) is 15.6 Å². The first-order valence-corrected chi connectivity index (χ1v) is 7.21. The fourth-order valence-corrected chi connectivity index (χ4v) is 3.39. The summed E-state index contributed by atoms with van der Waals surface area (Å²) in [7, 11) is -3.10. The lowest BCUT2D eigenvalue weighted by molar-refractivity contribution is 0.589. The summed E-state index contributed by atoms with van der Waals surface area (Å²) in [5.74, 6) is 0.0769. The van der Waals surface area contributed by atoms with Crippen LogP contribution in [0.1, 0.15) is 12.5 Å². The summed E-state index contributed by atoms with van der Waals surface area (Å²) in [5.41, 5.74) is 6.26. The molecule has 0 bridgehead atoms. The Morgan fingerprint density at radius 3 is 2.67 bits per heavy atom. The Bertz CT molecular complexity index is 429. The topological polar surface area (TPSA) is 60.2 Å². The summed E-state index contributed by atoms with van der Waals surface area (Å²) in [6.45, 7) is 1.69. The molecule has 0 radical (unpaired) electrons. The molecule has 84 valence electrons. The van der Waals surface area contributed by atoms with Gasteiger partial charge in [0.15, 0.2) is 9.84 Å². The predicted octanol–water partition coefficient (Wildman–Crippen LogP) is 1.71. The van der Waals surface area contributed by atoms with Crippen molar-refractivity contribution >= 4 is 25.8 Å². The average Bonchev–Trinajstić information content (AvgIpc) is 1.99. The molecule has 2 N–H and O–H groups in total. The van der Waals surface area contributed by atoms with Gasteiger partial charge in [-0.05, 0) is 24.6 Å². The molecule has 3 nitrogen and oxygen atoms in total. The molecule has 1 aromatic carbocycles. The SMILES string of the molecule is CC(N)CS(=O)(=O)Cc1cccc(Br)c1. The lowest BCUT2D eigenvalue weighted by Gasteiger charge is -2.07. The van der Waals surface area contributed by atoms with E-state index < -0.39 is 9.84 Å². The Kier molecular flexibility index (Phi) is 4.31. The maximum Gasteiger partial charge on any atom is 0.155 e. The van der Waals surface area contributed by atoms with Gasteiger partial charge in [0, 0.05) is 10.5 Å². The maximum atomic E-state index is 11.6. The van der Waals surface area contributed by atoms with Crippen molar-refractivity contribution in [3.8, 4) is 0 Å². The normalized spacial score (nSPS) is 13.8. The van der Waals surface area contributed by atoms with Gasteiger partial charge in [-0.2, -0.15) is 0 Å². The fourth-order valence-electron chi connectivity index (χ4n) is 1.34. The van der Waals surface area contributed by atoms with E-state index >= 15 is 0 Å². The van der Waals surface area contributed by atoms with Crippen LogP contribution in [0.3, 0.4) is 0 Å². The van der Waals surface area contributed by atoms with Crippen molar-refractivity contribution in [2.45, 2.75) is 18.7 Å². The molecular weight excluding hydrogens is 278 g/mol. The van der Waals surface area contributed by atoms with E-state index in [1.54, 1.807) is 19.1 Å². The van der Waals surface area contributed by atoms with Gasteiger partial charge < -0.3 is 5.73 Å². The van der Waals surface area contributed by atoms with Crippen LogP contribution in [0, 0.1) is 0 Å². The lowest BCUT2D eigenvalue weighted by Crippen LogP contribution is -2.26. The number of halogens is 1. The smallest absolute Gasteiger partial charge is 0.155 e. The van der Waals surface area contributed by atoms with Gasteiger partial charge in [-0.15, -0.1) is 0 Å². The highest BCUT2D eigenvalue weighted by atomic mass is 79.9. The predicted molar refractivity (Wildman–Crippen MR) is 65.3 cm³/mol. The van der Waals surface area contributed by atoms with Gasteiger partial charge >= 0.3 is 0 Å². The molecule has 1 atom stereocenters. The number of hydrogen-bond acceptors (Lipinski definition) is 3. The van der Waals surface area contributed by atoms with Gasteiger partial charge in [-0.3, -0.25) is 0 Å². The highest BCUT2D eigenvalue weighted by Crippen LogP contribution is 2.14. The minimum Gasteiger partial charge on any atom is -0.327 e. The molecule has 0 saturated heterocycles. The third kappa shape index (κ3) is 4.77. The van der Waals surface area contributed by atoms with Crippen molar-refractivity contribution in [3.63, 3.8) is 0 Å². The quantitative estimate of drug-likeness (QED) is 0.919. The number of rotatable bonds is 4. The second-order valence-electron chi connectivity index (χ2n) is 3.66. The van der Waals surface area contributed by atoms with Crippen LogP contribution in [0.15, 0.2) is 28.7 Å². The van der Waals surface area contributed by atoms with Gasteiger partial charge in [-0.25, -0.2) is 8.42 Å². The van der Waals surface area contributed by atoms with E-state index in [0.29, 0.717) is 0 Å². The lowest BCUT2D eigenvalue weighted by atomic mass is 10.2. The zero-order valence-electron chi connectivity index (χ0n) is 8.48. The van der Waals surface area contributed by atoms with E-state index in [-0.39, 0.29) is 17.5 Å². The summed E-state index contributed by atoms with van der Waals surface area (Å²) >= 11 is 3.30. The molecule has 5 heteroatoms. The van der Waals surface area contributed by atoms with Gasteiger partial charge in [0.25, 0.3) is 0 Å². The number of nitrogens with two attached hydrogens (primary N) is 1.